The highest BCUT2D eigenvalue weighted by atomic mass is 19.3. The van der Waals surface area contributed by atoms with Gasteiger partial charge in [-0.25, -0.2) is 0 Å². The molecule has 5 heteroatoms. The van der Waals surface area contributed by atoms with Crippen LogP contribution in [0.1, 0.15) is 5.56 Å². The summed E-state index contributed by atoms with van der Waals surface area (Å²) in [6.45, 7) is 0.0299. The van der Waals surface area contributed by atoms with Gasteiger partial charge in [-0.2, -0.15) is 8.78 Å². The number of halogens is 2. The fourth-order valence-electron chi connectivity index (χ4n) is 1.96. The van der Waals surface area contributed by atoms with E-state index in [1.54, 1.807) is 24.3 Å². The molecule has 0 spiro atoms. The fourth-order valence-corrected chi connectivity index (χ4v) is 1.96. The van der Waals surface area contributed by atoms with Crippen LogP contribution < -0.4 is 4.74 Å². The van der Waals surface area contributed by atoms with Gasteiger partial charge >= 0.3 is 6.61 Å². The maximum Gasteiger partial charge on any atom is 0.387 e. The molecule has 1 saturated heterocycles. The Morgan fingerprint density at radius 2 is 1.94 bits per heavy atom. The van der Waals surface area contributed by atoms with Crippen molar-refractivity contribution in [1.29, 1.82) is 0 Å². The van der Waals surface area contributed by atoms with Crippen molar-refractivity contribution in [3.63, 3.8) is 0 Å². The van der Waals surface area contributed by atoms with Crippen LogP contribution >= 0.6 is 0 Å². The molecule has 0 aliphatic carbocycles. The Labute approximate surface area is 98.6 Å². The minimum atomic E-state index is -2.78. The first-order valence-corrected chi connectivity index (χ1v) is 5.54. The predicted octanol–water partition coefficient (Wildman–Crippen LogP) is 1.71. The zero-order chi connectivity index (χ0) is 12.3. The second-order valence-corrected chi connectivity index (χ2v) is 4.27. The number of rotatable bonds is 5. The van der Waals surface area contributed by atoms with Gasteiger partial charge in [0.2, 0.25) is 0 Å². The molecule has 94 valence electrons. The molecule has 0 saturated carbocycles. The van der Waals surface area contributed by atoms with Crippen molar-refractivity contribution in [3.05, 3.63) is 29.8 Å². The van der Waals surface area contributed by atoms with Crippen LogP contribution in [0.4, 0.5) is 8.78 Å². The van der Waals surface area contributed by atoms with Gasteiger partial charge in [0.05, 0.1) is 0 Å². The summed E-state index contributed by atoms with van der Waals surface area (Å²) in [5, 5.41) is 8.88. The number of alkyl halides is 2. The Bertz CT molecular complexity index is 350. The SMILES string of the molecule is OCC1CN(Cc2ccc(OC(F)F)cc2)C1. The van der Waals surface area contributed by atoms with Crippen molar-refractivity contribution in [3.8, 4) is 5.75 Å². The van der Waals surface area contributed by atoms with E-state index in [0.717, 1.165) is 25.2 Å². The molecular weight excluding hydrogens is 228 g/mol. The van der Waals surface area contributed by atoms with Gasteiger partial charge < -0.3 is 9.84 Å². The van der Waals surface area contributed by atoms with E-state index in [-0.39, 0.29) is 12.4 Å². The summed E-state index contributed by atoms with van der Waals surface area (Å²) in [4.78, 5) is 2.20. The van der Waals surface area contributed by atoms with Crippen molar-refractivity contribution in [2.24, 2.45) is 5.92 Å². The van der Waals surface area contributed by atoms with Gasteiger partial charge in [0, 0.05) is 32.2 Å². The monoisotopic (exact) mass is 243 g/mol. The smallest absolute Gasteiger partial charge is 0.387 e. The largest absolute Gasteiger partial charge is 0.435 e. The van der Waals surface area contributed by atoms with Gasteiger partial charge in [-0.05, 0) is 17.7 Å². The number of hydrogen-bond acceptors (Lipinski definition) is 3. The van der Waals surface area contributed by atoms with E-state index in [0.29, 0.717) is 5.92 Å². The molecule has 0 aromatic heterocycles. The lowest BCUT2D eigenvalue weighted by Gasteiger charge is -2.38. The van der Waals surface area contributed by atoms with Crippen LogP contribution in [0.2, 0.25) is 0 Å². The van der Waals surface area contributed by atoms with E-state index in [1.807, 2.05) is 0 Å². The number of ether oxygens (including phenoxy) is 1. The van der Waals surface area contributed by atoms with Crippen LogP contribution in [0, 0.1) is 5.92 Å². The molecule has 1 aromatic rings. The highest BCUT2D eigenvalue weighted by Crippen LogP contribution is 2.20. The van der Waals surface area contributed by atoms with Crippen LogP contribution in [0.3, 0.4) is 0 Å². The molecule has 2 rings (SSSR count). The highest BCUT2D eigenvalue weighted by Gasteiger charge is 2.25. The third-order valence-electron chi connectivity index (χ3n) is 2.85. The van der Waals surface area contributed by atoms with Gasteiger partial charge in [-0.15, -0.1) is 0 Å². The molecule has 1 heterocycles. The van der Waals surface area contributed by atoms with E-state index in [4.69, 9.17) is 5.11 Å². The summed E-state index contributed by atoms with van der Waals surface area (Å²) in [6, 6.07) is 6.66. The second-order valence-electron chi connectivity index (χ2n) is 4.27. The number of aliphatic hydroxyl groups is 1. The minimum Gasteiger partial charge on any atom is -0.435 e. The molecule has 1 fully saturated rings. The van der Waals surface area contributed by atoms with Gasteiger partial charge in [0.15, 0.2) is 0 Å². The van der Waals surface area contributed by atoms with Crippen LogP contribution in [0.25, 0.3) is 0 Å². The average molecular weight is 243 g/mol. The van der Waals surface area contributed by atoms with Crippen molar-refractivity contribution >= 4 is 0 Å². The molecule has 1 aromatic carbocycles. The summed E-state index contributed by atoms with van der Waals surface area (Å²) >= 11 is 0. The van der Waals surface area contributed by atoms with E-state index < -0.39 is 6.61 Å². The summed E-state index contributed by atoms with van der Waals surface area (Å²) in [5.74, 6) is 0.567. The molecule has 1 N–H and O–H groups in total. The number of benzene rings is 1. The van der Waals surface area contributed by atoms with Crippen molar-refractivity contribution < 1.29 is 18.6 Å². The predicted molar refractivity (Wildman–Crippen MR) is 58.9 cm³/mol. The molecule has 0 atom stereocenters. The molecule has 0 radical (unpaired) electrons. The van der Waals surface area contributed by atoms with Crippen molar-refractivity contribution in [1.82, 2.24) is 4.90 Å². The summed E-state index contributed by atoms with van der Waals surface area (Å²) in [7, 11) is 0. The standard InChI is InChI=1S/C12H15F2NO2/c13-12(14)17-11-3-1-9(2-4-11)5-15-6-10(7-15)8-16/h1-4,10,12,16H,5-8H2. The Morgan fingerprint density at radius 3 is 2.47 bits per heavy atom. The molecule has 3 nitrogen and oxygen atoms in total. The van der Waals surface area contributed by atoms with Crippen LogP contribution in [-0.4, -0.2) is 36.3 Å². The molecule has 0 bridgehead atoms. The van der Waals surface area contributed by atoms with E-state index in [2.05, 4.69) is 9.64 Å². The molecule has 1 aliphatic heterocycles. The number of aliphatic hydroxyl groups excluding tert-OH is 1. The molecule has 0 unspecified atom stereocenters. The summed E-state index contributed by atoms with van der Waals surface area (Å²) in [6.07, 6.45) is 0. The van der Waals surface area contributed by atoms with Crippen LogP contribution in [0.15, 0.2) is 24.3 Å². The van der Waals surface area contributed by atoms with Crippen molar-refractivity contribution in [2.75, 3.05) is 19.7 Å². The summed E-state index contributed by atoms with van der Waals surface area (Å²) in [5.41, 5.74) is 1.06. The zero-order valence-corrected chi connectivity index (χ0v) is 9.35. The Hall–Kier alpha value is -1.20. The first kappa shape index (κ1) is 12.3. The molecule has 1 aliphatic rings. The average Bonchev–Trinajstić information content (AvgIpc) is 2.24. The fraction of sp³-hybridized carbons (Fsp3) is 0.500. The Balaban J connectivity index is 1.82. The quantitative estimate of drug-likeness (QED) is 0.854. The summed E-state index contributed by atoms with van der Waals surface area (Å²) < 4.78 is 28.1. The maximum absolute atomic E-state index is 11.9. The van der Waals surface area contributed by atoms with E-state index in [9.17, 15) is 8.78 Å². The third-order valence-corrected chi connectivity index (χ3v) is 2.85. The lowest BCUT2D eigenvalue weighted by molar-refractivity contribution is -0.0498. The van der Waals surface area contributed by atoms with Gasteiger partial charge in [-0.3, -0.25) is 4.90 Å². The lowest BCUT2D eigenvalue weighted by atomic mass is 10.0. The second kappa shape index (κ2) is 5.42. The zero-order valence-electron chi connectivity index (χ0n) is 9.35. The maximum atomic E-state index is 11.9. The van der Waals surface area contributed by atoms with E-state index in [1.165, 1.54) is 0 Å². The first-order chi connectivity index (χ1) is 8.17. The molecular formula is C12H15F2NO2. The Kier molecular flexibility index (Phi) is 3.91. The highest BCUT2D eigenvalue weighted by molar-refractivity contribution is 5.27. The first-order valence-electron chi connectivity index (χ1n) is 5.54. The van der Waals surface area contributed by atoms with Crippen LogP contribution in [0.5, 0.6) is 5.75 Å². The number of hydrogen-bond donors (Lipinski definition) is 1. The molecule has 17 heavy (non-hydrogen) atoms. The molecule has 0 amide bonds. The normalized spacial score (nSPS) is 17.2. The van der Waals surface area contributed by atoms with Gasteiger partial charge in [-0.1, -0.05) is 12.1 Å². The van der Waals surface area contributed by atoms with E-state index >= 15 is 0 Å². The van der Waals surface area contributed by atoms with Crippen molar-refractivity contribution in [2.45, 2.75) is 13.2 Å². The minimum absolute atomic E-state index is 0.181. The van der Waals surface area contributed by atoms with Gasteiger partial charge in [0.1, 0.15) is 5.75 Å². The number of likely N-dealkylation sites (tertiary alicyclic amines) is 1. The number of nitrogens with zero attached hydrogens (tertiary/aromatic N) is 1. The van der Waals surface area contributed by atoms with Gasteiger partial charge in [0.25, 0.3) is 0 Å². The third kappa shape index (κ3) is 3.38. The topological polar surface area (TPSA) is 32.7 Å². The van der Waals surface area contributed by atoms with Crippen LogP contribution in [-0.2, 0) is 6.54 Å². The lowest BCUT2D eigenvalue weighted by Crippen LogP contribution is -2.47. The Morgan fingerprint density at radius 1 is 1.29 bits per heavy atom.